The van der Waals surface area contributed by atoms with E-state index < -0.39 is 0 Å². The van der Waals surface area contributed by atoms with Crippen LogP contribution in [0.15, 0.2) is 30.5 Å². The first kappa shape index (κ1) is 12.0. The summed E-state index contributed by atoms with van der Waals surface area (Å²) in [5, 5.41) is 10.1. The number of rotatable bonds is 3. The molecule has 19 heavy (non-hydrogen) atoms. The lowest BCUT2D eigenvalue weighted by atomic mass is 10.1. The third-order valence-corrected chi connectivity index (χ3v) is 3.78. The Kier molecular flexibility index (Phi) is 3.33. The van der Waals surface area contributed by atoms with Gasteiger partial charge in [-0.15, -0.1) is 0 Å². The lowest BCUT2D eigenvalue weighted by molar-refractivity contribution is 0.254. The Hall–Kier alpha value is -2.08. The number of nitriles is 1. The number of para-hydroxylation sites is 1. The number of fused-ring (bicyclic) bond motifs is 1. The van der Waals surface area contributed by atoms with Gasteiger partial charge >= 0.3 is 0 Å². The van der Waals surface area contributed by atoms with Crippen molar-refractivity contribution in [2.75, 3.05) is 6.61 Å². The Bertz CT molecular complexity index is 624. The van der Waals surface area contributed by atoms with Crippen LogP contribution in [-0.4, -0.2) is 11.6 Å². The third-order valence-electron chi connectivity index (χ3n) is 3.78. The summed E-state index contributed by atoms with van der Waals surface area (Å²) < 4.78 is 5.96. The summed E-state index contributed by atoms with van der Waals surface area (Å²) >= 11 is 0. The second kappa shape index (κ2) is 5.27. The van der Waals surface area contributed by atoms with Crippen molar-refractivity contribution < 1.29 is 4.74 Å². The molecule has 2 aromatic rings. The van der Waals surface area contributed by atoms with Crippen LogP contribution in [0.4, 0.5) is 0 Å². The molecule has 0 unspecified atom stereocenters. The molecule has 3 nitrogen and oxygen atoms in total. The topological polar surface area (TPSA) is 45.9 Å². The van der Waals surface area contributed by atoms with E-state index in [1.54, 1.807) is 6.20 Å². The first-order valence-corrected chi connectivity index (χ1v) is 6.79. The summed E-state index contributed by atoms with van der Waals surface area (Å²) in [7, 11) is 0. The van der Waals surface area contributed by atoms with Gasteiger partial charge in [-0.1, -0.05) is 25.0 Å². The minimum Gasteiger partial charge on any atom is -0.491 e. The smallest absolute Gasteiger partial charge is 0.148 e. The molecule has 0 saturated heterocycles. The van der Waals surface area contributed by atoms with E-state index in [2.05, 4.69) is 11.1 Å². The van der Waals surface area contributed by atoms with Crippen molar-refractivity contribution in [3.8, 4) is 11.8 Å². The second-order valence-corrected chi connectivity index (χ2v) is 5.09. The Morgan fingerprint density at radius 3 is 2.84 bits per heavy atom. The van der Waals surface area contributed by atoms with E-state index in [4.69, 9.17) is 4.74 Å². The zero-order valence-electron chi connectivity index (χ0n) is 10.8. The largest absolute Gasteiger partial charge is 0.491 e. The zero-order chi connectivity index (χ0) is 13.1. The normalized spacial score (nSPS) is 15.5. The van der Waals surface area contributed by atoms with Gasteiger partial charge in [0.05, 0.1) is 12.1 Å². The quantitative estimate of drug-likeness (QED) is 0.837. The summed E-state index contributed by atoms with van der Waals surface area (Å²) in [5.41, 5.74) is 1.40. The number of pyridine rings is 1. The van der Waals surface area contributed by atoms with E-state index in [0.717, 1.165) is 10.9 Å². The van der Waals surface area contributed by atoms with Gasteiger partial charge in [-0.05, 0) is 30.9 Å². The Balaban J connectivity index is 1.93. The summed E-state index contributed by atoms with van der Waals surface area (Å²) in [5.74, 6) is 1.33. The first-order valence-electron chi connectivity index (χ1n) is 6.79. The third kappa shape index (κ3) is 2.39. The molecule has 0 bridgehead atoms. The van der Waals surface area contributed by atoms with Crippen molar-refractivity contribution in [1.82, 2.24) is 4.98 Å². The molecule has 3 rings (SSSR count). The summed E-state index contributed by atoms with van der Waals surface area (Å²) in [6.07, 6.45) is 6.69. The van der Waals surface area contributed by atoms with Crippen LogP contribution in [0, 0.1) is 17.2 Å². The SMILES string of the molecule is N#Cc1cnc2ccccc2c1OCC1CCCC1. The molecule has 0 spiro atoms. The maximum absolute atomic E-state index is 9.20. The molecular weight excluding hydrogens is 236 g/mol. The van der Waals surface area contributed by atoms with Gasteiger partial charge in [0.2, 0.25) is 0 Å². The molecule has 0 N–H and O–H groups in total. The summed E-state index contributed by atoms with van der Waals surface area (Å²) in [4.78, 5) is 4.29. The number of hydrogen-bond donors (Lipinski definition) is 0. The first-order chi connectivity index (χ1) is 9.38. The number of hydrogen-bond acceptors (Lipinski definition) is 3. The maximum atomic E-state index is 9.20. The fraction of sp³-hybridized carbons (Fsp3) is 0.375. The van der Waals surface area contributed by atoms with E-state index in [9.17, 15) is 5.26 Å². The highest BCUT2D eigenvalue weighted by Gasteiger charge is 2.17. The van der Waals surface area contributed by atoms with Crippen LogP contribution in [0.25, 0.3) is 10.9 Å². The van der Waals surface area contributed by atoms with Crippen LogP contribution in [0.1, 0.15) is 31.2 Å². The predicted octanol–water partition coefficient (Wildman–Crippen LogP) is 3.68. The number of ether oxygens (including phenoxy) is 1. The highest BCUT2D eigenvalue weighted by molar-refractivity contribution is 5.87. The average molecular weight is 252 g/mol. The van der Waals surface area contributed by atoms with Gasteiger partial charge in [-0.2, -0.15) is 5.26 Å². The lowest BCUT2D eigenvalue weighted by Gasteiger charge is -2.14. The highest BCUT2D eigenvalue weighted by Crippen LogP contribution is 2.30. The van der Waals surface area contributed by atoms with Crippen molar-refractivity contribution in [3.63, 3.8) is 0 Å². The fourth-order valence-electron chi connectivity index (χ4n) is 2.73. The molecule has 0 atom stereocenters. The van der Waals surface area contributed by atoms with Crippen LogP contribution in [0.3, 0.4) is 0 Å². The van der Waals surface area contributed by atoms with Crippen molar-refractivity contribution >= 4 is 10.9 Å². The molecule has 0 aliphatic heterocycles. The van der Waals surface area contributed by atoms with Gasteiger partial charge in [0.25, 0.3) is 0 Å². The van der Waals surface area contributed by atoms with Gasteiger partial charge < -0.3 is 4.74 Å². The molecule has 1 aromatic heterocycles. The second-order valence-electron chi connectivity index (χ2n) is 5.09. The minimum absolute atomic E-state index is 0.525. The molecule has 1 aromatic carbocycles. The van der Waals surface area contributed by atoms with E-state index in [1.165, 1.54) is 25.7 Å². The fourth-order valence-corrected chi connectivity index (χ4v) is 2.73. The average Bonchev–Trinajstić information content (AvgIpc) is 2.97. The molecule has 0 amide bonds. The van der Waals surface area contributed by atoms with Crippen LogP contribution >= 0.6 is 0 Å². The predicted molar refractivity (Wildman–Crippen MR) is 73.9 cm³/mol. The van der Waals surface area contributed by atoms with E-state index >= 15 is 0 Å². The van der Waals surface area contributed by atoms with E-state index in [1.807, 2.05) is 24.3 Å². The van der Waals surface area contributed by atoms with Crippen LogP contribution < -0.4 is 4.74 Å². The van der Waals surface area contributed by atoms with E-state index in [-0.39, 0.29) is 0 Å². The molecular formula is C16H16N2O. The van der Waals surface area contributed by atoms with Gasteiger partial charge in [-0.25, -0.2) is 0 Å². The van der Waals surface area contributed by atoms with Crippen molar-refractivity contribution in [1.29, 1.82) is 5.26 Å². The van der Waals surface area contributed by atoms with Crippen LogP contribution in [-0.2, 0) is 0 Å². The van der Waals surface area contributed by atoms with E-state index in [0.29, 0.717) is 23.8 Å². The Labute approximate surface area is 112 Å². The highest BCUT2D eigenvalue weighted by atomic mass is 16.5. The molecule has 1 fully saturated rings. The number of benzene rings is 1. The Morgan fingerprint density at radius 2 is 2.05 bits per heavy atom. The van der Waals surface area contributed by atoms with Crippen LogP contribution in [0.2, 0.25) is 0 Å². The summed E-state index contributed by atoms with van der Waals surface area (Å²) in [6.45, 7) is 0.711. The molecule has 0 radical (unpaired) electrons. The Morgan fingerprint density at radius 1 is 1.26 bits per heavy atom. The molecule has 1 heterocycles. The molecule has 1 saturated carbocycles. The van der Waals surface area contributed by atoms with Gasteiger partial charge in [-0.3, -0.25) is 4.98 Å². The van der Waals surface area contributed by atoms with Crippen molar-refractivity contribution in [2.24, 2.45) is 5.92 Å². The number of aromatic nitrogens is 1. The van der Waals surface area contributed by atoms with Gasteiger partial charge in [0.1, 0.15) is 17.4 Å². The molecule has 96 valence electrons. The van der Waals surface area contributed by atoms with Crippen molar-refractivity contribution in [2.45, 2.75) is 25.7 Å². The summed E-state index contributed by atoms with van der Waals surface area (Å²) in [6, 6.07) is 9.98. The van der Waals surface area contributed by atoms with Gasteiger partial charge in [0.15, 0.2) is 0 Å². The standard InChI is InChI=1S/C16H16N2O/c17-9-13-10-18-15-8-4-3-7-14(15)16(13)19-11-12-5-1-2-6-12/h3-4,7-8,10,12H,1-2,5-6,11H2. The van der Waals surface area contributed by atoms with Gasteiger partial charge in [0, 0.05) is 11.6 Å². The van der Waals surface area contributed by atoms with Crippen LogP contribution in [0.5, 0.6) is 5.75 Å². The monoisotopic (exact) mass is 252 g/mol. The molecule has 1 aliphatic carbocycles. The minimum atomic E-state index is 0.525. The number of nitrogens with zero attached hydrogens (tertiary/aromatic N) is 2. The van der Waals surface area contributed by atoms with Crippen molar-refractivity contribution in [3.05, 3.63) is 36.0 Å². The lowest BCUT2D eigenvalue weighted by Crippen LogP contribution is -2.09. The molecule has 3 heteroatoms. The maximum Gasteiger partial charge on any atom is 0.148 e. The molecule has 1 aliphatic rings. The zero-order valence-corrected chi connectivity index (χ0v) is 10.8.